The van der Waals surface area contributed by atoms with E-state index in [-0.39, 0.29) is 23.1 Å². The van der Waals surface area contributed by atoms with Crippen LogP contribution >= 0.6 is 0 Å². The molecule has 21 heavy (non-hydrogen) atoms. The summed E-state index contributed by atoms with van der Waals surface area (Å²) in [6, 6.07) is 4.63. The highest BCUT2D eigenvalue weighted by molar-refractivity contribution is 5.96. The van der Waals surface area contributed by atoms with E-state index >= 15 is 0 Å². The highest BCUT2D eigenvalue weighted by Crippen LogP contribution is 2.55. The zero-order valence-electron chi connectivity index (χ0n) is 12.0. The third-order valence-corrected chi connectivity index (χ3v) is 4.66. The van der Waals surface area contributed by atoms with Gasteiger partial charge in [0.15, 0.2) is 0 Å². The van der Waals surface area contributed by atoms with Gasteiger partial charge in [0.2, 0.25) is 5.91 Å². The number of fused-ring (bicyclic) bond motifs is 1. The fourth-order valence-electron chi connectivity index (χ4n) is 3.55. The van der Waals surface area contributed by atoms with Crippen LogP contribution in [-0.2, 0) is 4.79 Å². The highest BCUT2D eigenvalue weighted by Gasteiger charge is 2.54. The second-order valence-corrected chi connectivity index (χ2v) is 5.85. The van der Waals surface area contributed by atoms with E-state index in [9.17, 15) is 9.59 Å². The molecule has 1 aromatic carbocycles. The second kappa shape index (κ2) is 5.39. The minimum absolute atomic E-state index is 0.0528. The molecule has 2 saturated carbocycles. The SMILES string of the molecule is COc1cc(NC(=O)C2C3CCCCC32)ccc1C(=O)O. The van der Waals surface area contributed by atoms with E-state index in [4.69, 9.17) is 9.84 Å². The van der Waals surface area contributed by atoms with Crippen LogP contribution in [0.15, 0.2) is 18.2 Å². The number of hydrogen-bond donors (Lipinski definition) is 2. The number of benzene rings is 1. The van der Waals surface area contributed by atoms with E-state index in [1.54, 1.807) is 12.1 Å². The number of carbonyl (C=O) groups is 2. The predicted octanol–water partition coefficient (Wildman–Crippen LogP) is 2.77. The molecule has 2 aliphatic carbocycles. The van der Waals surface area contributed by atoms with Crippen molar-refractivity contribution in [3.05, 3.63) is 23.8 Å². The van der Waals surface area contributed by atoms with Crippen LogP contribution in [0.2, 0.25) is 0 Å². The molecule has 112 valence electrons. The lowest BCUT2D eigenvalue weighted by molar-refractivity contribution is -0.117. The second-order valence-electron chi connectivity index (χ2n) is 5.85. The van der Waals surface area contributed by atoms with Crippen molar-refractivity contribution in [2.45, 2.75) is 25.7 Å². The van der Waals surface area contributed by atoms with Crippen LogP contribution in [0.25, 0.3) is 0 Å². The summed E-state index contributed by atoms with van der Waals surface area (Å²) in [4.78, 5) is 23.3. The number of methoxy groups -OCH3 is 1. The van der Waals surface area contributed by atoms with E-state index in [0.29, 0.717) is 17.5 Å². The van der Waals surface area contributed by atoms with Gasteiger partial charge >= 0.3 is 5.97 Å². The van der Waals surface area contributed by atoms with Gasteiger partial charge in [0.25, 0.3) is 0 Å². The standard InChI is InChI=1S/C16H19NO4/c1-21-13-8-9(6-7-12(13)16(19)20)17-15(18)14-10-4-2-3-5-11(10)14/h6-8,10-11,14H,2-5H2,1H3,(H,17,18)(H,19,20). The quantitative estimate of drug-likeness (QED) is 0.893. The van der Waals surface area contributed by atoms with Crippen LogP contribution < -0.4 is 10.1 Å². The summed E-state index contributed by atoms with van der Waals surface area (Å²) in [5, 5.41) is 11.9. The Labute approximate surface area is 123 Å². The number of anilines is 1. The van der Waals surface area contributed by atoms with Crippen molar-refractivity contribution in [1.82, 2.24) is 0 Å². The van der Waals surface area contributed by atoms with E-state index in [1.165, 1.54) is 26.0 Å². The van der Waals surface area contributed by atoms with Crippen molar-refractivity contribution in [1.29, 1.82) is 0 Å². The van der Waals surface area contributed by atoms with Gasteiger partial charge in [-0.25, -0.2) is 4.79 Å². The Morgan fingerprint density at radius 1 is 1.24 bits per heavy atom. The fraction of sp³-hybridized carbons (Fsp3) is 0.500. The largest absolute Gasteiger partial charge is 0.496 e. The highest BCUT2D eigenvalue weighted by atomic mass is 16.5. The summed E-state index contributed by atoms with van der Waals surface area (Å²) in [6.07, 6.45) is 4.77. The maximum Gasteiger partial charge on any atom is 0.339 e. The molecule has 5 nitrogen and oxygen atoms in total. The van der Waals surface area contributed by atoms with Gasteiger partial charge < -0.3 is 15.2 Å². The fourth-order valence-corrected chi connectivity index (χ4v) is 3.55. The Balaban J connectivity index is 1.70. The van der Waals surface area contributed by atoms with Crippen LogP contribution in [0.3, 0.4) is 0 Å². The first kappa shape index (κ1) is 13.9. The third kappa shape index (κ3) is 2.60. The summed E-state index contributed by atoms with van der Waals surface area (Å²) < 4.78 is 5.07. The normalized spacial score (nSPS) is 26.6. The predicted molar refractivity (Wildman–Crippen MR) is 77.5 cm³/mol. The first-order valence-electron chi connectivity index (χ1n) is 7.34. The molecule has 0 aromatic heterocycles. The molecule has 0 bridgehead atoms. The van der Waals surface area contributed by atoms with Gasteiger partial charge in [-0.1, -0.05) is 12.8 Å². The minimum Gasteiger partial charge on any atom is -0.496 e. The van der Waals surface area contributed by atoms with Crippen molar-refractivity contribution in [2.75, 3.05) is 12.4 Å². The molecule has 2 N–H and O–H groups in total. The Hall–Kier alpha value is -2.04. The Bertz CT molecular complexity index is 572. The van der Waals surface area contributed by atoms with Crippen molar-refractivity contribution in [3.8, 4) is 5.75 Å². The molecule has 0 saturated heterocycles. The monoisotopic (exact) mass is 289 g/mol. The van der Waals surface area contributed by atoms with Crippen molar-refractivity contribution in [2.24, 2.45) is 17.8 Å². The third-order valence-electron chi connectivity index (χ3n) is 4.66. The zero-order valence-corrected chi connectivity index (χ0v) is 12.0. The van der Waals surface area contributed by atoms with Crippen LogP contribution in [-0.4, -0.2) is 24.1 Å². The summed E-state index contributed by atoms with van der Waals surface area (Å²) in [5.41, 5.74) is 0.682. The number of aromatic carboxylic acids is 1. The molecule has 2 atom stereocenters. The number of carboxylic acid groups (broad SMARTS) is 1. The minimum atomic E-state index is -1.04. The summed E-state index contributed by atoms with van der Waals surface area (Å²) >= 11 is 0. The topological polar surface area (TPSA) is 75.6 Å². The van der Waals surface area contributed by atoms with Gasteiger partial charge in [-0.05, 0) is 36.8 Å². The number of amides is 1. The average molecular weight is 289 g/mol. The van der Waals surface area contributed by atoms with E-state index in [1.807, 2.05) is 0 Å². The Morgan fingerprint density at radius 2 is 1.90 bits per heavy atom. The maximum atomic E-state index is 12.3. The van der Waals surface area contributed by atoms with Gasteiger partial charge in [-0.2, -0.15) is 0 Å². The van der Waals surface area contributed by atoms with Gasteiger partial charge in [0, 0.05) is 17.7 Å². The van der Waals surface area contributed by atoms with Crippen LogP contribution in [0.1, 0.15) is 36.0 Å². The number of carboxylic acids is 1. The number of nitrogens with one attached hydrogen (secondary N) is 1. The summed E-state index contributed by atoms with van der Waals surface area (Å²) in [6.45, 7) is 0. The summed E-state index contributed by atoms with van der Waals surface area (Å²) in [7, 11) is 1.42. The number of rotatable bonds is 4. The van der Waals surface area contributed by atoms with Crippen LogP contribution in [0, 0.1) is 17.8 Å². The zero-order chi connectivity index (χ0) is 15.0. The molecule has 0 spiro atoms. The molecule has 2 aliphatic rings. The first-order valence-corrected chi connectivity index (χ1v) is 7.34. The van der Waals surface area contributed by atoms with Gasteiger partial charge in [-0.3, -0.25) is 4.79 Å². The van der Waals surface area contributed by atoms with Crippen molar-refractivity contribution >= 4 is 17.6 Å². The van der Waals surface area contributed by atoms with Crippen molar-refractivity contribution in [3.63, 3.8) is 0 Å². The maximum absolute atomic E-state index is 12.3. The van der Waals surface area contributed by atoms with Gasteiger partial charge in [-0.15, -0.1) is 0 Å². The molecule has 0 radical (unpaired) electrons. The van der Waals surface area contributed by atoms with E-state index < -0.39 is 5.97 Å². The molecule has 0 heterocycles. The van der Waals surface area contributed by atoms with E-state index in [0.717, 1.165) is 12.8 Å². The lowest BCUT2D eigenvalue weighted by Gasteiger charge is -2.09. The van der Waals surface area contributed by atoms with E-state index in [2.05, 4.69) is 5.32 Å². The molecule has 1 amide bonds. The van der Waals surface area contributed by atoms with Gasteiger partial charge in [0.1, 0.15) is 11.3 Å². The van der Waals surface area contributed by atoms with Crippen LogP contribution in [0.5, 0.6) is 5.75 Å². The molecule has 2 fully saturated rings. The first-order chi connectivity index (χ1) is 10.1. The number of carbonyl (C=O) groups excluding carboxylic acids is 1. The lowest BCUT2D eigenvalue weighted by atomic mass is 10.0. The van der Waals surface area contributed by atoms with Gasteiger partial charge in [0.05, 0.1) is 7.11 Å². The molecular weight excluding hydrogens is 270 g/mol. The molecular formula is C16H19NO4. The Kier molecular flexibility index (Phi) is 3.57. The Morgan fingerprint density at radius 3 is 2.48 bits per heavy atom. The molecule has 5 heteroatoms. The number of ether oxygens (including phenoxy) is 1. The molecule has 3 rings (SSSR count). The summed E-state index contributed by atoms with van der Waals surface area (Å²) in [5.74, 6) is 0.513. The smallest absolute Gasteiger partial charge is 0.339 e. The van der Waals surface area contributed by atoms with Crippen molar-refractivity contribution < 1.29 is 19.4 Å². The average Bonchev–Trinajstić information content (AvgIpc) is 3.21. The molecule has 2 unspecified atom stereocenters. The molecule has 1 aromatic rings. The lowest BCUT2D eigenvalue weighted by Crippen LogP contribution is -2.15. The molecule has 0 aliphatic heterocycles. The number of hydrogen-bond acceptors (Lipinski definition) is 3. The van der Waals surface area contributed by atoms with Crippen LogP contribution in [0.4, 0.5) is 5.69 Å².